The number of rotatable bonds is 6. The molecule has 0 heterocycles. The van der Waals surface area contributed by atoms with Crippen molar-refractivity contribution in [2.45, 2.75) is 26.5 Å². The van der Waals surface area contributed by atoms with E-state index in [-0.39, 0.29) is 11.8 Å². The minimum absolute atomic E-state index is 0.0639. The molecule has 23 heavy (non-hydrogen) atoms. The summed E-state index contributed by atoms with van der Waals surface area (Å²) in [5.41, 5.74) is 2.09. The van der Waals surface area contributed by atoms with Gasteiger partial charge in [-0.15, -0.1) is 0 Å². The van der Waals surface area contributed by atoms with Crippen LogP contribution in [0.1, 0.15) is 25.0 Å². The van der Waals surface area contributed by atoms with Gasteiger partial charge in [-0.05, 0) is 49.2 Å². The second-order valence-corrected chi connectivity index (χ2v) is 4.91. The van der Waals surface area contributed by atoms with Gasteiger partial charge < -0.3 is 4.74 Å². The highest BCUT2D eigenvalue weighted by molar-refractivity contribution is 5.86. The predicted octanol–water partition coefficient (Wildman–Crippen LogP) is 4.25. The van der Waals surface area contributed by atoms with Crippen LogP contribution in [0.3, 0.4) is 0 Å². The van der Waals surface area contributed by atoms with Crippen molar-refractivity contribution in [1.29, 1.82) is 0 Å². The van der Waals surface area contributed by atoms with Crippen molar-refractivity contribution in [2.75, 3.05) is 7.18 Å². The number of halogens is 1. The highest BCUT2D eigenvalue weighted by Gasteiger charge is 2.02. The number of benzene rings is 2. The maximum Gasteiger partial charge on any atom is 0.153 e. The smallest absolute Gasteiger partial charge is 0.153 e. The molecule has 1 atom stereocenters. The molecule has 0 bridgehead atoms. The maximum atomic E-state index is 11.1. The van der Waals surface area contributed by atoms with Crippen LogP contribution in [0.4, 0.5) is 4.39 Å². The normalized spacial score (nSPS) is 11.5. The zero-order valence-corrected chi connectivity index (χ0v) is 13.7. The summed E-state index contributed by atoms with van der Waals surface area (Å²) in [6, 6.07) is 17.4. The van der Waals surface area contributed by atoms with Gasteiger partial charge in [-0.2, -0.15) is 0 Å². The molecule has 0 saturated carbocycles. The Labute approximate surface area is 136 Å². The first-order valence-corrected chi connectivity index (χ1v) is 7.33. The van der Waals surface area contributed by atoms with E-state index < -0.39 is 0 Å². The molecule has 1 unspecified atom stereocenters. The predicted molar refractivity (Wildman–Crippen MR) is 92.0 cm³/mol. The Balaban J connectivity index is 0.00000127. The summed E-state index contributed by atoms with van der Waals surface area (Å²) in [7, 11) is 0.500. The largest absolute Gasteiger partial charge is 0.489 e. The van der Waals surface area contributed by atoms with Crippen LogP contribution < -0.4 is 4.74 Å². The number of Topliss-reactive ketones (excluding diaryl/α,β-unsaturated/α-hetero) is 1. The Morgan fingerprint density at radius 1 is 1.13 bits per heavy atom. The van der Waals surface area contributed by atoms with Crippen molar-refractivity contribution in [3.8, 4) is 5.75 Å². The summed E-state index contributed by atoms with van der Waals surface area (Å²) in [6.45, 7) is 3.88. The standard InChI is InChI=1S/C18H19NO2.CH3F/c1-14(15(2)20)19-12-16-8-10-18(11-9-16)21-13-17-6-4-3-5-7-17;1-2/h3-12,14H,13H2,1-2H3;1H3. The molecule has 0 spiro atoms. The van der Waals surface area contributed by atoms with Crippen LogP contribution >= 0.6 is 0 Å². The molecule has 0 aliphatic heterocycles. The molecule has 0 saturated heterocycles. The number of aliphatic imine (C=N–C) groups is 1. The molecule has 2 aromatic rings. The number of ketones is 1. The molecular weight excluding hydrogens is 293 g/mol. The van der Waals surface area contributed by atoms with E-state index >= 15 is 0 Å². The van der Waals surface area contributed by atoms with Gasteiger partial charge in [-0.3, -0.25) is 14.2 Å². The van der Waals surface area contributed by atoms with Gasteiger partial charge in [0.15, 0.2) is 5.78 Å². The van der Waals surface area contributed by atoms with E-state index in [1.165, 1.54) is 0 Å². The van der Waals surface area contributed by atoms with Crippen molar-refractivity contribution >= 4 is 12.0 Å². The quantitative estimate of drug-likeness (QED) is 0.748. The number of hydrogen-bond acceptors (Lipinski definition) is 3. The van der Waals surface area contributed by atoms with Gasteiger partial charge >= 0.3 is 0 Å². The lowest BCUT2D eigenvalue weighted by Gasteiger charge is -2.06. The topological polar surface area (TPSA) is 38.7 Å². The second kappa shape index (κ2) is 10.3. The monoisotopic (exact) mass is 315 g/mol. The molecule has 122 valence electrons. The number of carbonyl (C=O) groups excluding carboxylic acids is 1. The first-order valence-electron chi connectivity index (χ1n) is 7.33. The number of carbonyl (C=O) groups is 1. The second-order valence-electron chi connectivity index (χ2n) is 4.91. The average molecular weight is 315 g/mol. The van der Waals surface area contributed by atoms with E-state index in [0.29, 0.717) is 13.8 Å². The van der Waals surface area contributed by atoms with Crippen LogP contribution in [0, 0.1) is 0 Å². The molecule has 2 rings (SSSR count). The minimum atomic E-state index is -0.293. The lowest BCUT2D eigenvalue weighted by atomic mass is 10.2. The molecule has 0 amide bonds. The lowest BCUT2D eigenvalue weighted by molar-refractivity contribution is -0.117. The summed E-state index contributed by atoms with van der Waals surface area (Å²) in [4.78, 5) is 15.3. The Bertz CT molecular complexity index is 609. The van der Waals surface area contributed by atoms with E-state index in [1.54, 1.807) is 20.1 Å². The van der Waals surface area contributed by atoms with Crippen molar-refractivity contribution < 1.29 is 13.9 Å². The highest BCUT2D eigenvalue weighted by Crippen LogP contribution is 2.13. The van der Waals surface area contributed by atoms with Crippen molar-refractivity contribution in [1.82, 2.24) is 0 Å². The van der Waals surface area contributed by atoms with Crippen LogP contribution in [0.5, 0.6) is 5.75 Å². The summed E-state index contributed by atoms with van der Waals surface area (Å²) in [5, 5.41) is 0. The zero-order valence-electron chi connectivity index (χ0n) is 13.7. The number of alkyl halides is 1. The van der Waals surface area contributed by atoms with E-state index in [1.807, 2.05) is 54.6 Å². The Kier molecular flexibility index (Phi) is 8.29. The summed E-state index contributed by atoms with van der Waals surface area (Å²) < 4.78 is 15.2. The fourth-order valence-corrected chi connectivity index (χ4v) is 1.69. The van der Waals surface area contributed by atoms with E-state index in [2.05, 4.69) is 4.99 Å². The van der Waals surface area contributed by atoms with Crippen LogP contribution in [0.15, 0.2) is 59.6 Å². The SMILES string of the molecule is CC(=O)C(C)N=Cc1ccc(OCc2ccccc2)cc1.CF. The molecule has 2 aromatic carbocycles. The fourth-order valence-electron chi connectivity index (χ4n) is 1.69. The van der Waals surface area contributed by atoms with Crippen LogP contribution in [-0.4, -0.2) is 25.2 Å². The Hall–Kier alpha value is -2.49. The average Bonchev–Trinajstić information content (AvgIpc) is 2.61. The third-order valence-electron chi connectivity index (χ3n) is 3.16. The summed E-state index contributed by atoms with van der Waals surface area (Å²) in [5.74, 6) is 0.879. The lowest BCUT2D eigenvalue weighted by Crippen LogP contribution is -2.09. The van der Waals surface area contributed by atoms with Gasteiger partial charge in [0.1, 0.15) is 18.4 Å². The van der Waals surface area contributed by atoms with Crippen molar-refractivity contribution in [3.63, 3.8) is 0 Å². The fraction of sp³-hybridized carbons (Fsp3) is 0.263. The van der Waals surface area contributed by atoms with Gasteiger partial charge in [0, 0.05) is 6.21 Å². The first-order chi connectivity index (χ1) is 11.1. The molecule has 3 nitrogen and oxygen atoms in total. The zero-order chi connectivity index (χ0) is 17.1. The third kappa shape index (κ3) is 6.87. The molecule has 0 aromatic heterocycles. The van der Waals surface area contributed by atoms with Crippen molar-refractivity contribution in [3.05, 3.63) is 65.7 Å². The molecular formula is C19H22FNO2. The van der Waals surface area contributed by atoms with Gasteiger partial charge in [0.2, 0.25) is 0 Å². The molecule has 0 fully saturated rings. The molecule has 0 aliphatic rings. The first kappa shape index (κ1) is 18.6. The van der Waals surface area contributed by atoms with Gasteiger partial charge in [0.05, 0.1) is 7.18 Å². The van der Waals surface area contributed by atoms with Crippen molar-refractivity contribution in [2.24, 2.45) is 4.99 Å². The van der Waals surface area contributed by atoms with E-state index in [4.69, 9.17) is 4.74 Å². The minimum Gasteiger partial charge on any atom is -0.489 e. The molecule has 0 N–H and O–H groups in total. The van der Waals surface area contributed by atoms with Gasteiger partial charge in [-0.1, -0.05) is 30.3 Å². The van der Waals surface area contributed by atoms with Crippen LogP contribution in [0.2, 0.25) is 0 Å². The van der Waals surface area contributed by atoms with Gasteiger partial charge in [-0.25, -0.2) is 0 Å². The molecule has 4 heteroatoms. The summed E-state index contributed by atoms with van der Waals surface area (Å²) in [6.07, 6.45) is 1.72. The molecule has 0 radical (unpaired) electrons. The Morgan fingerprint density at radius 3 is 2.30 bits per heavy atom. The number of hydrogen-bond donors (Lipinski definition) is 0. The van der Waals surface area contributed by atoms with Crippen LogP contribution in [-0.2, 0) is 11.4 Å². The highest BCUT2D eigenvalue weighted by atomic mass is 19.1. The molecule has 0 aliphatic carbocycles. The number of nitrogens with zero attached hydrogens (tertiary/aromatic N) is 1. The Morgan fingerprint density at radius 2 is 1.74 bits per heavy atom. The van der Waals surface area contributed by atoms with E-state index in [0.717, 1.165) is 16.9 Å². The van der Waals surface area contributed by atoms with Gasteiger partial charge in [0.25, 0.3) is 0 Å². The van der Waals surface area contributed by atoms with E-state index in [9.17, 15) is 9.18 Å². The third-order valence-corrected chi connectivity index (χ3v) is 3.16. The van der Waals surface area contributed by atoms with Crippen LogP contribution in [0.25, 0.3) is 0 Å². The summed E-state index contributed by atoms with van der Waals surface area (Å²) >= 11 is 0. The maximum absolute atomic E-state index is 11.1. The number of ether oxygens (including phenoxy) is 1.